The van der Waals surface area contributed by atoms with Gasteiger partial charge in [-0.25, -0.2) is 0 Å². The first kappa shape index (κ1) is 15.7. The van der Waals surface area contributed by atoms with E-state index in [2.05, 4.69) is 65.6 Å². The van der Waals surface area contributed by atoms with Gasteiger partial charge in [0.1, 0.15) is 0 Å². The molecule has 0 aliphatic rings. The lowest BCUT2D eigenvalue weighted by molar-refractivity contribution is 0.286. The van der Waals surface area contributed by atoms with Crippen LogP contribution in [-0.2, 0) is 0 Å². The quantitative estimate of drug-likeness (QED) is 0.706. The van der Waals surface area contributed by atoms with Crippen LogP contribution < -0.4 is 5.73 Å². The van der Waals surface area contributed by atoms with E-state index in [1.165, 1.54) is 12.0 Å². The van der Waals surface area contributed by atoms with E-state index < -0.39 is 0 Å². The Kier molecular flexibility index (Phi) is 5.70. The minimum atomic E-state index is 0.129. The zero-order valence-corrected chi connectivity index (χ0v) is 14.9. The Labute approximate surface area is 125 Å². The summed E-state index contributed by atoms with van der Waals surface area (Å²) in [5.74, 6) is 0.649. The Balaban J connectivity index is 2.60. The van der Waals surface area contributed by atoms with E-state index in [0.29, 0.717) is 11.3 Å². The highest BCUT2D eigenvalue weighted by atomic mass is 79.9. The van der Waals surface area contributed by atoms with Crippen molar-refractivity contribution in [3.63, 3.8) is 0 Å². The molecular formula is C13H21Br2NS. The molecular weight excluding hydrogens is 362 g/mol. The van der Waals surface area contributed by atoms with Crippen LogP contribution in [-0.4, -0.2) is 0 Å². The molecule has 0 aromatic carbocycles. The van der Waals surface area contributed by atoms with Gasteiger partial charge in [-0.05, 0) is 67.7 Å². The maximum absolute atomic E-state index is 6.28. The lowest BCUT2D eigenvalue weighted by Gasteiger charge is -2.25. The predicted molar refractivity (Wildman–Crippen MR) is 84.5 cm³/mol. The van der Waals surface area contributed by atoms with Gasteiger partial charge in [-0.1, -0.05) is 27.7 Å². The van der Waals surface area contributed by atoms with Crippen LogP contribution in [0.3, 0.4) is 0 Å². The fourth-order valence-corrected chi connectivity index (χ4v) is 5.30. The number of hydrogen-bond donors (Lipinski definition) is 1. The predicted octanol–water partition coefficient (Wildman–Crippen LogP) is 5.74. The van der Waals surface area contributed by atoms with Crippen molar-refractivity contribution in [3.05, 3.63) is 19.2 Å². The fourth-order valence-electron chi connectivity index (χ4n) is 2.29. The molecule has 1 heterocycles. The van der Waals surface area contributed by atoms with Crippen LogP contribution in [0.15, 0.2) is 13.6 Å². The minimum absolute atomic E-state index is 0.129. The van der Waals surface area contributed by atoms with E-state index in [9.17, 15) is 0 Å². The molecule has 2 atom stereocenters. The molecule has 98 valence electrons. The van der Waals surface area contributed by atoms with Gasteiger partial charge in [0.2, 0.25) is 0 Å². The molecule has 0 saturated heterocycles. The number of thiophene rings is 1. The van der Waals surface area contributed by atoms with E-state index in [1.807, 2.05) is 0 Å². The summed E-state index contributed by atoms with van der Waals surface area (Å²) in [6, 6.07) is 2.26. The van der Waals surface area contributed by atoms with Gasteiger partial charge in [0.05, 0.1) is 7.57 Å². The smallest absolute Gasteiger partial charge is 0.0758 e. The third-order valence-electron chi connectivity index (χ3n) is 2.70. The van der Waals surface area contributed by atoms with E-state index in [-0.39, 0.29) is 6.04 Å². The van der Waals surface area contributed by atoms with Gasteiger partial charge in [-0.15, -0.1) is 11.3 Å². The lowest BCUT2D eigenvalue weighted by Crippen LogP contribution is -2.18. The molecule has 1 nitrogen and oxygen atoms in total. The Morgan fingerprint density at radius 3 is 2.35 bits per heavy atom. The van der Waals surface area contributed by atoms with Gasteiger partial charge in [-0.2, -0.15) is 0 Å². The Morgan fingerprint density at radius 1 is 1.35 bits per heavy atom. The second-order valence-corrected chi connectivity index (χ2v) is 9.74. The maximum Gasteiger partial charge on any atom is 0.0758 e. The van der Waals surface area contributed by atoms with Gasteiger partial charge >= 0.3 is 0 Å². The SMILES string of the molecule is CC(CC(N)c1cc(Br)sc1Br)CC(C)(C)C. The highest BCUT2D eigenvalue weighted by Gasteiger charge is 2.20. The zero-order chi connectivity index (χ0) is 13.2. The molecule has 0 aliphatic heterocycles. The summed E-state index contributed by atoms with van der Waals surface area (Å²) >= 11 is 8.77. The van der Waals surface area contributed by atoms with Crippen LogP contribution in [0.25, 0.3) is 0 Å². The van der Waals surface area contributed by atoms with Gasteiger partial charge in [0, 0.05) is 6.04 Å². The summed E-state index contributed by atoms with van der Waals surface area (Å²) in [6.07, 6.45) is 2.25. The van der Waals surface area contributed by atoms with Crippen molar-refractivity contribution in [2.45, 2.75) is 46.6 Å². The Hall–Kier alpha value is 0.620. The van der Waals surface area contributed by atoms with Crippen molar-refractivity contribution < 1.29 is 0 Å². The number of rotatable bonds is 4. The molecule has 0 radical (unpaired) electrons. The second kappa shape index (κ2) is 6.18. The first-order chi connectivity index (χ1) is 7.69. The van der Waals surface area contributed by atoms with Gasteiger partial charge in [0.15, 0.2) is 0 Å². The molecule has 2 unspecified atom stereocenters. The van der Waals surface area contributed by atoms with Crippen LogP contribution in [0.5, 0.6) is 0 Å². The molecule has 1 aromatic heterocycles. The normalized spacial score (nSPS) is 15.9. The van der Waals surface area contributed by atoms with Crippen LogP contribution in [0.1, 0.15) is 52.1 Å². The van der Waals surface area contributed by atoms with E-state index >= 15 is 0 Å². The number of nitrogens with two attached hydrogens (primary N) is 1. The van der Waals surface area contributed by atoms with Crippen molar-refractivity contribution in [1.29, 1.82) is 0 Å². The molecule has 0 fully saturated rings. The summed E-state index contributed by atoms with van der Waals surface area (Å²) in [7, 11) is 0. The average Bonchev–Trinajstić information content (AvgIpc) is 2.41. The average molecular weight is 383 g/mol. The van der Waals surface area contributed by atoms with E-state index in [0.717, 1.165) is 14.0 Å². The second-order valence-electron chi connectivity index (χ2n) is 5.99. The van der Waals surface area contributed by atoms with E-state index in [1.54, 1.807) is 11.3 Å². The summed E-state index contributed by atoms with van der Waals surface area (Å²) in [6.45, 7) is 9.14. The first-order valence-electron chi connectivity index (χ1n) is 5.89. The van der Waals surface area contributed by atoms with Crippen molar-refractivity contribution in [2.24, 2.45) is 17.1 Å². The van der Waals surface area contributed by atoms with Gasteiger partial charge in [-0.3, -0.25) is 0 Å². The third-order valence-corrected chi connectivity index (χ3v) is 5.09. The summed E-state index contributed by atoms with van der Waals surface area (Å²) in [5, 5.41) is 0. The number of halogens is 2. The standard InChI is InChI=1S/C13H21Br2NS/c1-8(7-13(2,3)4)5-10(16)9-6-11(14)17-12(9)15/h6,8,10H,5,7,16H2,1-4H3. The zero-order valence-electron chi connectivity index (χ0n) is 10.9. The molecule has 2 N–H and O–H groups in total. The lowest BCUT2D eigenvalue weighted by atomic mass is 9.82. The van der Waals surface area contributed by atoms with Crippen molar-refractivity contribution in [3.8, 4) is 0 Å². The van der Waals surface area contributed by atoms with Gasteiger partial charge in [0.25, 0.3) is 0 Å². The highest BCUT2D eigenvalue weighted by molar-refractivity contribution is 9.12. The molecule has 4 heteroatoms. The van der Waals surface area contributed by atoms with Crippen molar-refractivity contribution in [1.82, 2.24) is 0 Å². The summed E-state index contributed by atoms with van der Waals surface area (Å²) < 4.78 is 2.29. The van der Waals surface area contributed by atoms with Crippen LogP contribution in [0.4, 0.5) is 0 Å². The highest BCUT2D eigenvalue weighted by Crippen LogP contribution is 2.37. The molecule has 0 spiro atoms. The molecule has 0 bridgehead atoms. The number of hydrogen-bond acceptors (Lipinski definition) is 2. The van der Waals surface area contributed by atoms with Crippen LogP contribution >= 0.6 is 43.2 Å². The maximum atomic E-state index is 6.28. The first-order valence-corrected chi connectivity index (χ1v) is 8.29. The van der Waals surface area contributed by atoms with Crippen LogP contribution in [0, 0.1) is 11.3 Å². The van der Waals surface area contributed by atoms with E-state index in [4.69, 9.17) is 5.73 Å². The molecule has 0 amide bonds. The largest absolute Gasteiger partial charge is 0.324 e. The minimum Gasteiger partial charge on any atom is -0.324 e. The summed E-state index contributed by atoms with van der Waals surface area (Å²) in [4.78, 5) is 0. The third kappa shape index (κ3) is 5.41. The molecule has 1 rings (SSSR count). The summed E-state index contributed by atoms with van der Waals surface area (Å²) in [5.41, 5.74) is 7.89. The molecule has 0 saturated carbocycles. The van der Waals surface area contributed by atoms with Crippen molar-refractivity contribution >= 4 is 43.2 Å². The molecule has 17 heavy (non-hydrogen) atoms. The topological polar surface area (TPSA) is 26.0 Å². The van der Waals surface area contributed by atoms with Gasteiger partial charge < -0.3 is 5.73 Å². The van der Waals surface area contributed by atoms with Crippen LogP contribution in [0.2, 0.25) is 0 Å². The van der Waals surface area contributed by atoms with Crippen molar-refractivity contribution in [2.75, 3.05) is 0 Å². The Bertz CT molecular complexity index is 368. The monoisotopic (exact) mass is 381 g/mol. The fraction of sp³-hybridized carbons (Fsp3) is 0.692. The Morgan fingerprint density at radius 2 is 1.94 bits per heavy atom. The molecule has 1 aromatic rings. The molecule has 0 aliphatic carbocycles.